The molecule has 0 bridgehead atoms. The fourth-order valence-corrected chi connectivity index (χ4v) is 3.13. The fourth-order valence-electron chi connectivity index (χ4n) is 3.13. The van der Waals surface area contributed by atoms with Crippen LogP contribution in [0.1, 0.15) is 57.1 Å². The summed E-state index contributed by atoms with van der Waals surface area (Å²) in [5.74, 6) is -0.938. The molecule has 0 fully saturated rings. The monoisotopic (exact) mass is 369 g/mol. The van der Waals surface area contributed by atoms with Crippen LogP contribution in [0.2, 0.25) is 0 Å². The highest BCUT2D eigenvalue weighted by Gasteiger charge is 2.23. The van der Waals surface area contributed by atoms with Gasteiger partial charge in [-0.1, -0.05) is 6.58 Å². The maximum atomic E-state index is 12.2. The van der Waals surface area contributed by atoms with Gasteiger partial charge in [-0.25, -0.2) is 9.59 Å². The van der Waals surface area contributed by atoms with Gasteiger partial charge in [0.2, 0.25) is 0 Å². The van der Waals surface area contributed by atoms with Gasteiger partial charge >= 0.3 is 11.9 Å². The number of ether oxygens (including phenoxy) is 2. The SMILES string of the molecule is C=c1[nH]c(=C(C#N)c2[nH]c(C)c(C(=O)OCC)c2C)c(C)c1C(=O)OCC. The van der Waals surface area contributed by atoms with E-state index in [4.69, 9.17) is 9.47 Å². The van der Waals surface area contributed by atoms with Gasteiger partial charge in [0.05, 0.1) is 41.0 Å². The van der Waals surface area contributed by atoms with Crippen LogP contribution in [0.25, 0.3) is 12.2 Å². The zero-order valence-electron chi connectivity index (χ0n) is 16.2. The van der Waals surface area contributed by atoms with Gasteiger partial charge < -0.3 is 19.4 Å². The summed E-state index contributed by atoms with van der Waals surface area (Å²) in [6.45, 7) is 13.0. The molecule has 0 radical (unpaired) electrons. The van der Waals surface area contributed by atoms with Crippen LogP contribution in [-0.2, 0) is 9.47 Å². The molecule has 7 heteroatoms. The first-order chi connectivity index (χ1) is 12.8. The Hall–Kier alpha value is -3.27. The molecule has 0 atom stereocenters. The van der Waals surface area contributed by atoms with Crippen molar-refractivity contribution in [3.8, 4) is 6.07 Å². The highest BCUT2D eigenvalue weighted by Crippen LogP contribution is 2.23. The largest absolute Gasteiger partial charge is 0.462 e. The Morgan fingerprint density at radius 2 is 1.56 bits per heavy atom. The predicted octanol–water partition coefficient (Wildman–Crippen LogP) is 1.75. The summed E-state index contributed by atoms with van der Waals surface area (Å²) >= 11 is 0. The van der Waals surface area contributed by atoms with Crippen LogP contribution >= 0.6 is 0 Å². The van der Waals surface area contributed by atoms with Crippen LogP contribution in [0.5, 0.6) is 0 Å². The molecule has 0 aromatic carbocycles. The van der Waals surface area contributed by atoms with E-state index >= 15 is 0 Å². The van der Waals surface area contributed by atoms with E-state index in [2.05, 4.69) is 22.6 Å². The molecule has 2 aromatic heterocycles. The minimum absolute atomic E-state index is 0.241. The molecule has 0 amide bonds. The number of hydrogen-bond acceptors (Lipinski definition) is 5. The summed E-state index contributed by atoms with van der Waals surface area (Å²) in [7, 11) is 0. The van der Waals surface area contributed by atoms with Crippen molar-refractivity contribution in [2.45, 2.75) is 34.6 Å². The molecule has 0 saturated carbocycles. The van der Waals surface area contributed by atoms with Gasteiger partial charge in [-0.2, -0.15) is 5.26 Å². The second-order valence-corrected chi connectivity index (χ2v) is 6.03. The second-order valence-electron chi connectivity index (χ2n) is 6.03. The second kappa shape index (κ2) is 7.96. The highest BCUT2D eigenvalue weighted by molar-refractivity contribution is 5.95. The number of esters is 2. The van der Waals surface area contributed by atoms with Gasteiger partial charge in [0.25, 0.3) is 0 Å². The number of hydrogen-bond donors (Lipinski definition) is 2. The van der Waals surface area contributed by atoms with Gasteiger partial charge in [0.15, 0.2) is 0 Å². The van der Waals surface area contributed by atoms with Crippen LogP contribution in [0.4, 0.5) is 0 Å². The van der Waals surface area contributed by atoms with E-state index in [1.807, 2.05) is 0 Å². The van der Waals surface area contributed by atoms with Crippen molar-refractivity contribution in [1.29, 1.82) is 5.26 Å². The third-order valence-corrected chi connectivity index (χ3v) is 4.34. The molecule has 7 nitrogen and oxygen atoms in total. The first-order valence-corrected chi connectivity index (χ1v) is 8.64. The standard InChI is InChI=1S/C20H23N3O4/c1-7-26-19(24)15-10(3)17(22-12(15)5)14(9-21)18-11(4)16(13(6)23-18)20(25)27-8-2/h22-23H,5,7-8H2,1-4,6H3. The summed E-state index contributed by atoms with van der Waals surface area (Å²) in [6, 6.07) is 2.16. The molecule has 2 rings (SSSR count). The van der Waals surface area contributed by atoms with Crippen LogP contribution in [0.15, 0.2) is 0 Å². The molecule has 0 aliphatic carbocycles. The number of H-pyrrole nitrogens is 2. The number of rotatable bonds is 5. The van der Waals surface area contributed by atoms with Crippen molar-refractivity contribution in [2.24, 2.45) is 0 Å². The first-order valence-electron chi connectivity index (χ1n) is 8.64. The zero-order valence-corrected chi connectivity index (χ0v) is 16.2. The Morgan fingerprint density at radius 1 is 1.00 bits per heavy atom. The Balaban J connectivity index is 2.76. The Kier molecular flexibility index (Phi) is 5.91. The van der Waals surface area contributed by atoms with E-state index < -0.39 is 11.9 Å². The lowest BCUT2D eigenvalue weighted by Crippen LogP contribution is -2.16. The van der Waals surface area contributed by atoms with E-state index in [0.717, 1.165) is 0 Å². The van der Waals surface area contributed by atoms with Crippen molar-refractivity contribution in [3.63, 3.8) is 0 Å². The van der Waals surface area contributed by atoms with Crippen molar-refractivity contribution in [2.75, 3.05) is 13.2 Å². The summed E-state index contributed by atoms with van der Waals surface area (Å²) < 4.78 is 10.2. The van der Waals surface area contributed by atoms with Crippen molar-refractivity contribution in [3.05, 3.63) is 44.3 Å². The van der Waals surface area contributed by atoms with E-state index in [0.29, 0.717) is 44.3 Å². The number of carbonyl (C=O) groups excluding carboxylic acids is 2. The number of carbonyl (C=O) groups is 2. The van der Waals surface area contributed by atoms with Gasteiger partial charge in [-0.3, -0.25) is 0 Å². The molecule has 0 spiro atoms. The molecule has 142 valence electrons. The number of nitrogens with zero attached hydrogens (tertiary/aromatic N) is 1. The van der Waals surface area contributed by atoms with Gasteiger partial charge in [0.1, 0.15) is 6.07 Å². The molecule has 0 unspecified atom stereocenters. The van der Waals surface area contributed by atoms with Crippen molar-refractivity contribution < 1.29 is 19.1 Å². The highest BCUT2D eigenvalue weighted by atomic mass is 16.5. The normalized spacial score (nSPS) is 11.7. The van der Waals surface area contributed by atoms with Gasteiger partial charge in [-0.05, 0) is 45.7 Å². The van der Waals surface area contributed by atoms with Gasteiger partial charge in [0, 0.05) is 11.0 Å². The number of nitriles is 1. The quantitative estimate of drug-likeness (QED) is 0.781. The number of aryl methyl sites for hydroxylation is 1. The summed E-state index contributed by atoms with van der Waals surface area (Å²) in [6.07, 6.45) is 0. The lowest BCUT2D eigenvalue weighted by atomic mass is 10.0. The Morgan fingerprint density at radius 3 is 2.07 bits per heavy atom. The van der Waals surface area contributed by atoms with Crippen LogP contribution in [-0.4, -0.2) is 35.1 Å². The molecule has 0 aliphatic rings. The Labute approximate surface area is 157 Å². The summed E-state index contributed by atoms with van der Waals surface area (Å²) in [5.41, 5.74) is 3.29. The van der Waals surface area contributed by atoms with Crippen molar-refractivity contribution >= 4 is 24.1 Å². The molecule has 0 saturated heterocycles. The number of aromatic amines is 2. The van der Waals surface area contributed by atoms with Crippen molar-refractivity contribution in [1.82, 2.24) is 9.97 Å². The minimum atomic E-state index is -0.494. The lowest BCUT2D eigenvalue weighted by Gasteiger charge is -2.03. The molecule has 2 aromatic rings. The third-order valence-electron chi connectivity index (χ3n) is 4.34. The lowest BCUT2D eigenvalue weighted by molar-refractivity contribution is 0.0515. The molecule has 2 heterocycles. The molecule has 0 aliphatic heterocycles. The maximum Gasteiger partial charge on any atom is 0.340 e. The smallest absolute Gasteiger partial charge is 0.340 e. The third kappa shape index (κ3) is 3.51. The number of nitrogens with one attached hydrogen (secondary N) is 2. The summed E-state index contributed by atoms with van der Waals surface area (Å²) in [5, 5.41) is 10.6. The maximum absolute atomic E-state index is 12.2. The average Bonchev–Trinajstić information content (AvgIpc) is 3.05. The first kappa shape index (κ1) is 20.0. The summed E-state index contributed by atoms with van der Waals surface area (Å²) in [4.78, 5) is 30.5. The average molecular weight is 369 g/mol. The van der Waals surface area contributed by atoms with E-state index in [1.54, 1.807) is 34.6 Å². The molecular weight excluding hydrogens is 346 g/mol. The number of aromatic nitrogens is 2. The van der Waals surface area contributed by atoms with Crippen LogP contribution < -0.4 is 10.7 Å². The van der Waals surface area contributed by atoms with Gasteiger partial charge in [-0.15, -0.1) is 0 Å². The molecule has 2 N–H and O–H groups in total. The fraction of sp³-hybridized carbons (Fsp3) is 0.350. The minimum Gasteiger partial charge on any atom is -0.462 e. The van der Waals surface area contributed by atoms with E-state index in [-0.39, 0.29) is 18.8 Å². The Bertz CT molecular complexity index is 1050. The van der Waals surface area contributed by atoms with E-state index in [9.17, 15) is 14.9 Å². The van der Waals surface area contributed by atoms with Crippen LogP contribution in [0, 0.1) is 32.1 Å². The topological polar surface area (TPSA) is 108 Å². The van der Waals surface area contributed by atoms with E-state index in [1.165, 1.54) is 0 Å². The predicted molar refractivity (Wildman–Crippen MR) is 101 cm³/mol. The zero-order chi connectivity index (χ0) is 20.3. The van der Waals surface area contributed by atoms with Crippen LogP contribution in [0.3, 0.4) is 0 Å². The molecule has 27 heavy (non-hydrogen) atoms. The molecular formula is C20H23N3O4.